The molecule has 3 aromatic heterocycles. The number of anilines is 1. The fourth-order valence-electron chi connectivity index (χ4n) is 4.64. The van der Waals surface area contributed by atoms with E-state index in [1.807, 2.05) is 4.90 Å². The van der Waals surface area contributed by atoms with Crippen LogP contribution in [0.1, 0.15) is 26.7 Å². The summed E-state index contributed by atoms with van der Waals surface area (Å²) < 4.78 is 35.8. The monoisotopic (exact) mass is 489 g/mol. The standard InChI is InChI=1S/C21H30N8O4S/c1-13-10-28(12-34(30)31)5-3-16(13)25-21-26-18-9-22-19(15-7-23-24-8-15)20(29(18)27-21)33-17-4-6-32-11-14(17)2/h7-9,13-14,16-17H,3-6,10-12H2,1-2H3,(H,23,24)(H,25,27)(H,30,31)/p-1/t13-,14?,16+,17?/m1/s1. The van der Waals surface area contributed by atoms with Crippen molar-refractivity contribution in [2.45, 2.75) is 38.8 Å². The minimum Gasteiger partial charge on any atom is -0.771 e. The zero-order chi connectivity index (χ0) is 23.7. The predicted octanol–water partition coefficient (Wildman–Crippen LogP) is 1.28. The van der Waals surface area contributed by atoms with Crippen LogP contribution in [0, 0.1) is 11.8 Å². The summed E-state index contributed by atoms with van der Waals surface area (Å²) >= 11 is -2.07. The van der Waals surface area contributed by atoms with Crippen LogP contribution in [-0.2, 0) is 15.8 Å². The summed E-state index contributed by atoms with van der Waals surface area (Å²) in [6.07, 6.45) is 6.71. The number of nitrogens with zero attached hydrogens (tertiary/aromatic N) is 6. The molecule has 0 saturated carbocycles. The summed E-state index contributed by atoms with van der Waals surface area (Å²) in [6, 6.07) is 0.134. The molecule has 2 N–H and O–H groups in total. The molecule has 0 bridgehead atoms. The Morgan fingerprint density at radius 1 is 1.32 bits per heavy atom. The fraction of sp³-hybridized carbons (Fsp3) is 0.619. The van der Waals surface area contributed by atoms with Gasteiger partial charge in [0.2, 0.25) is 11.8 Å². The predicted molar refractivity (Wildman–Crippen MR) is 124 cm³/mol. The van der Waals surface area contributed by atoms with E-state index in [9.17, 15) is 8.76 Å². The zero-order valence-electron chi connectivity index (χ0n) is 19.2. The summed E-state index contributed by atoms with van der Waals surface area (Å²) in [7, 11) is 0. The number of H-pyrrole nitrogens is 1. The van der Waals surface area contributed by atoms with E-state index >= 15 is 0 Å². The van der Waals surface area contributed by atoms with Gasteiger partial charge in [-0.3, -0.25) is 14.2 Å². The van der Waals surface area contributed by atoms with Crippen LogP contribution in [-0.4, -0.2) is 87.8 Å². The number of nitrogens with one attached hydrogen (secondary N) is 2. The Morgan fingerprint density at radius 2 is 2.21 bits per heavy atom. The SMILES string of the molecule is CC1COCCC1Oc1c(-c2cn[nH]c2)ncc2nc(N[C@H]3CCN(CS(=O)[O-])C[C@H]3C)nn12. The van der Waals surface area contributed by atoms with Crippen molar-refractivity contribution < 1.29 is 18.2 Å². The smallest absolute Gasteiger partial charge is 0.244 e. The molecular formula is C21H29N8O4S-. The molecule has 0 aromatic carbocycles. The molecule has 3 unspecified atom stereocenters. The van der Waals surface area contributed by atoms with Gasteiger partial charge in [-0.2, -0.15) is 14.6 Å². The van der Waals surface area contributed by atoms with E-state index < -0.39 is 11.1 Å². The van der Waals surface area contributed by atoms with Crippen LogP contribution < -0.4 is 10.1 Å². The number of fused-ring (bicyclic) bond motifs is 1. The summed E-state index contributed by atoms with van der Waals surface area (Å²) in [5, 5.41) is 15.1. The molecular weight excluding hydrogens is 460 g/mol. The topological polar surface area (TPSA) is 146 Å². The molecule has 0 spiro atoms. The molecule has 3 aromatic rings. The lowest BCUT2D eigenvalue weighted by molar-refractivity contribution is -0.0187. The van der Waals surface area contributed by atoms with Crippen molar-refractivity contribution in [2.24, 2.45) is 11.8 Å². The highest BCUT2D eigenvalue weighted by Gasteiger charge is 2.29. The Balaban J connectivity index is 1.41. The first-order chi connectivity index (χ1) is 16.5. The lowest BCUT2D eigenvalue weighted by Crippen LogP contribution is -2.46. The summed E-state index contributed by atoms with van der Waals surface area (Å²) in [4.78, 5) is 11.2. The molecule has 0 amide bonds. The minimum absolute atomic E-state index is 0.0247. The number of ether oxygens (including phenoxy) is 2. The van der Waals surface area contributed by atoms with Gasteiger partial charge < -0.3 is 19.3 Å². The van der Waals surface area contributed by atoms with E-state index in [-0.39, 0.29) is 29.9 Å². The van der Waals surface area contributed by atoms with E-state index in [2.05, 4.69) is 39.3 Å². The van der Waals surface area contributed by atoms with Crippen LogP contribution in [0.15, 0.2) is 18.6 Å². The maximum absolute atomic E-state index is 11.0. The summed E-state index contributed by atoms with van der Waals surface area (Å²) in [5.41, 5.74) is 2.03. The molecule has 2 saturated heterocycles. The number of likely N-dealkylation sites (tertiary alicyclic amines) is 1. The van der Waals surface area contributed by atoms with Crippen molar-refractivity contribution >= 4 is 22.7 Å². The second-order valence-corrected chi connectivity index (χ2v) is 9.99. The molecule has 2 fully saturated rings. The first kappa shape index (κ1) is 23.1. The Labute approximate surface area is 199 Å². The lowest BCUT2D eigenvalue weighted by Gasteiger charge is -2.37. The summed E-state index contributed by atoms with van der Waals surface area (Å²) in [5.74, 6) is 1.56. The molecule has 2 aliphatic rings. The van der Waals surface area contributed by atoms with Gasteiger partial charge in [0.1, 0.15) is 11.8 Å². The molecule has 12 nitrogen and oxygen atoms in total. The van der Waals surface area contributed by atoms with Crippen molar-refractivity contribution in [1.82, 2.24) is 34.7 Å². The van der Waals surface area contributed by atoms with Crippen molar-refractivity contribution in [3.8, 4) is 17.1 Å². The number of aromatic amines is 1. The second kappa shape index (κ2) is 9.94. The summed E-state index contributed by atoms with van der Waals surface area (Å²) in [6.45, 7) is 6.91. The highest BCUT2D eigenvalue weighted by Crippen LogP contribution is 2.31. The van der Waals surface area contributed by atoms with E-state index in [0.717, 1.165) is 18.4 Å². The quantitative estimate of drug-likeness (QED) is 0.465. The van der Waals surface area contributed by atoms with Gasteiger partial charge in [-0.15, -0.1) is 5.10 Å². The van der Waals surface area contributed by atoms with Gasteiger partial charge in [0.25, 0.3) is 0 Å². The number of aromatic nitrogens is 6. The average Bonchev–Trinajstić information content (AvgIpc) is 3.47. The van der Waals surface area contributed by atoms with Crippen molar-refractivity contribution in [1.29, 1.82) is 0 Å². The number of piperidine rings is 1. The Kier molecular flexibility index (Phi) is 6.77. The molecule has 5 rings (SSSR count). The van der Waals surface area contributed by atoms with Crippen LogP contribution in [0.3, 0.4) is 0 Å². The average molecular weight is 490 g/mol. The van der Waals surface area contributed by atoms with Gasteiger partial charge in [0.05, 0.1) is 31.5 Å². The minimum atomic E-state index is -2.07. The van der Waals surface area contributed by atoms with Gasteiger partial charge in [-0.1, -0.05) is 13.8 Å². The van der Waals surface area contributed by atoms with Gasteiger partial charge in [-0.05, 0) is 23.4 Å². The Hall–Kier alpha value is -2.61. The number of hydrogen-bond acceptors (Lipinski definition) is 10. The molecule has 13 heteroatoms. The van der Waals surface area contributed by atoms with Crippen LogP contribution >= 0.6 is 0 Å². The van der Waals surface area contributed by atoms with Crippen LogP contribution in [0.25, 0.3) is 16.9 Å². The van der Waals surface area contributed by atoms with Gasteiger partial charge >= 0.3 is 0 Å². The van der Waals surface area contributed by atoms with E-state index in [1.54, 1.807) is 23.1 Å². The number of rotatable bonds is 7. The molecule has 5 atom stereocenters. The third kappa shape index (κ3) is 4.92. The fourth-order valence-corrected chi connectivity index (χ4v) is 5.17. The molecule has 184 valence electrons. The number of hydrogen-bond donors (Lipinski definition) is 2. The van der Waals surface area contributed by atoms with Gasteiger partial charge in [-0.25, -0.2) is 4.98 Å². The lowest BCUT2D eigenvalue weighted by atomic mass is 9.94. The molecule has 34 heavy (non-hydrogen) atoms. The maximum Gasteiger partial charge on any atom is 0.244 e. The van der Waals surface area contributed by atoms with E-state index in [4.69, 9.17) is 14.6 Å². The first-order valence-corrected chi connectivity index (χ1v) is 12.8. The largest absolute Gasteiger partial charge is 0.771 e. The molecule has 5 heterocycles. The van der Waals surface area contributed by atoms with Gasteiger partial charge in [0.15, 0.2) is 5.65 Å². The highest BCUT2D eigenvalue weighted by atomic mass is 32.2. The van der Waals surface area contributed by atoms with Crippen molar-refractivity contribution in [2.75, 3.05) is 37.5 Å². The van der Waals surface area contributed by atoms with Gasteiger partial charge in [0, 0.05) is 43.2 Å². The van der Waals surface area contributed by atoms with Crippen LogP contribution in [0.4, 0.5) is 5.95 Å². The van der Waals surface area contributed by atoms with Crippen LogP contribution in [0.5, 0.6) is 5.88 Å². The Morgan fingerprint density at radius 3 is 2.94 bits per heavy atom. The maximum atomic E-state index is 11.0. The van der Waals surface area contributed by atoms with E-state index in [1.165, 1.54) is 0 Å². The Bertz CT molecular complexity index is 1140. The third-order valence-corrected chi connectivity index (χ3v) is 7.10. The zero-order valence-corrected chi connectivity index (χ0v) is 20.0. The van der Waals surface area contributed by atoms with Crippen molar-refractivity contribution in [3.05, 3.63) is 18.6 Å². The van der Waals surface area contributed by atoms with Crippen LogP contribution in [0.2, 0.25) is 0 Å². The normalized spacial score (nSPS) is 27.0. The second-order valence-electron chi connectivity index (χ2n) is 9.13. The van der Waals surface area contributed by atoms with E-state index in [0.29, 0.717) is 49.5 Å². The molecule has 2 aliphatic heterocycles. The first-order valence-electron chi connectivity index (χ1n) is 11.5. The molecule has 0 aliphatic carbocycles. The third-order valence-electron chi connectivity index (χ3n) is 6.52. The highest BCUT2D eigenvalue weighted by molar-refractivity contribution is 7.79. The van der Waals surface area contributed by atoms with Crippen molar-refractivity contribution in [3.63, 3.8) is 0 Å². The molecule has 0 radical (unpaired) electrons.